The molecule has 0 aromatic carbocycles. The molecule has 3 aliphatic carbocycles. The Bertz CT molecular complexity index is 553. The van der Waals surface area contributed by atoms with Gasteiger partial charge in [0.25, 0.3) is 0 Å². The largest absolute Gasteiger partial charge is 0.395 e. The van der Waals surface area contributed by atoms with Gasteiger partial charge in [-0.15, -0.1) is 6.58 Å². The second-order valence-electron chi connectivity index (χ2n) is 7.13. The third-order valence-corrected chi connectivity index (χ3v) is 5.79. The number of aliphatic hydroxyl groups excluding tert-OH is 2. The second kappa shape index (κ2) is 4.65. The van der Waals surface area contributed by atoms with Crippen LogP contribution in [0.4, 0.5) is 0 Å². The third kappa shape index (κ3) is 1.84. The summed E-state index contributed by atoms with van der Waals surface area (Å²) < 4.78 is 0. The summed E-state index contributed by atoms with van der Waals surface area (Å²) in [5.74, 6) is -0.153. The summed E-state index contributed by atoms with van der Waals surface area (Å²) in [6.07, 6.45) is 5.35. The number of carbonyl (C=O) groups is 1. The molecule has 0 bridgehead atoms. The fourth-order valence-corrected chi connectivity index (χ4v) is 4.29. The Hall–Kier alpha value is -1.19. The number of hydrogen-bond donors (Lipinski definition) is 2. The monoisotopic (exact) mass is 288 g/mol. The molecule has 3 unspecified atom stereocenters. The normalized spacial score (nSPS) is 37.1. The molecule has 3 atom stereocenters. The van der Waals surface area contributed by atoms with Crippen LogP contribution in [0.1, 0.15) is 39.0 Å². The van der Waals surface area contributed by atoms with Gasteiger partial charge < -0.3 is 10.2 Å². The van der Waals surface area contributed by atoms with Crippen molar-refractivity contribution < 1.29 is 15.0 Å². The van der Waals surface area contributed by atoms with Gasteiger partial charge in [0.2, 0.25) is 0 Å². The first kappa shape index (κ1) is 14.7. The van der Waals surface area contributed by atoms with Crippen LogP contribution in [-0.4, -0.2) is 28.7 Å². The Morgan fingerprint density at radius 1 is 1.43 bits per heavy atom. The first-order chi connectivity index (χ1) is 9.91. The van der Waals surface area contributed by atoms with Gasteiger partial charge >= 0.3 is 0 Å². The van der Waals surface area contributed by atoms with Crippen LogP contribution >= 0.6 is 0 Å². The molecule has 3 rings (SSSR count). The number of ketones is 1. The Kier molecular flexibility index (Phi) is 3.26. The van der Waals surface area contributed by atoms with Crippen LogP contribution in [0.5, 0.6) is 0 Å². The number of Topliss-reactive ketones (excluding diaryl/α,β-unsaturated/α-hetero) is 1. The zero-order valence-electron chi connectivity index (χ0n) is 12.7. The minimum atomic E-state index is -0.749. The van der Waals surface area contributed by atoms with Crippen molar-refractivity contribution in [2.75, 3.05) is 6.61 Å². The van der Waals surface area contributed by atoms with Crippen molar-refractivity contribution in [1.82, 2.24) is 0 Å². The average molecular weight is 288 g/mol. The summed E-state index contributed by atoms with van der Waals surface area (Å²) in [6.45, 7) is 9.57. The van der Waals surface area contributed by atoms with E-state index in [1.807, 2.05) is 6.08 Å². The zero-order chi connectivity index (χ0) is 15.4. The molecule has 0 aromatic rings. The smallest absolute Gasteiger partial charge is 0.167 e. The van der Waals surface area contributed by atoms with E-state index < -0.39 is 11.5 Å². The molecule has 2 N–H and O–H groups in total. The maximum atomic E-state index is 12.8. The Morgan fingerprint density at radius 3 is 2.62 bits per heavy atom. The van der Waals surface area contributed by atoms with Crippen LogP contribution in [0.25, 0.3) is 0 Å². The highest BCUT2D eigenvalue weighted by Crippen LogP contribution is 2.66. The molecule has 2 saturated carbocycles. The lowest BCUT2D eigenvalue weighted by Gasteiger charge is -2.36. The van der Waals surface area contributed by atoms with Crippen LogP contribution in [0.2, 0.25) is 0 Å². The molecule has 0 radical (unpaired) electrons. The van der Waals surface area contributed by atoms with E-state index in [-0.39, 0.29) is 23.7 Å². The molecule has 1 spiro atoms. The van der Waals surface area contributed by atoms with Gasteiger partial charge in [0.15, 0.2) is 5.78 Å². The van der Waals surface area contributed by atoms with Crippen molar-refractivity contribution in [3.63, 3.8) is 0 Å². The Labute approximate surface area is 126 Å². The first-order valence-corrected chi connectivity index (χ1v) is 7.79. The van der Waals surface area contributed by atoms with Gasteiger partial charge in [0, 0.05) is 16.9 Å². The molecule has 0 saturated heterocycles. The molecular weight excluding hydrogens is 264 g/mol. The summed E-state index contributed by atoms with van der Waals surface area (Å²) >= 11 is 0. The van der Waals surface area contributed by atoms with E-state index >= 15 is 0 Å². The topological polar surface area (TPSA) is 57.5 Å². The lowest BCUT2D eigenvalue weighted by Crippen LogP contribution is -2.34. The summed E-state index contributed by atoms with van der Waals surface area (Å²) in [6, 6.07) is 0. The van der Waals surface area contributed by atoms with Gasteiger partial charge in [-0.1, -0.05) is 25.2 Å². The number of hydrogen-bond acceptors (Lipinski definition) is 3. The van der Waals surface area contributed by atoms with Gasteiger partial charge in [-0.05, 0) is 37.7 Å². The van der Waals surface area contributed by atoms with Gasteiger partial charge in [-0.3, -0.25) is 4.79 Å². The second-order valence-corrected chi connectivity index (χ2v) is 7.13. The molecule has 114 valence electrons. The van der Waals surface area contributed by atoms with Crippen LogP contribution in [0.15, 0.2) is 36.0 Å². The van der Waals surface area contributed by atoms with Crippen LogP contribution < -0.4 is 0 Å². The SMILES string of the molecule is C=CCCC1=C2C(=O)C(C)(CO)CC2C(O)C(=C)C12CC2. The van der Waals surface area contributed by atoms with Crippen molar-refractivity contribution in [1.29, 1.82) is 0 Å². The fraction of sp³-hybridized carbons (Fsp3) is 0.611. The highest BCUT2D eigenvalue weighted by atomic mass is 16.3. The molecule has 0 aliphatic heterocycles. The minimum absolute atomic E-state index is 0.0342. The molecule has 3 nitrogen and oxygen atoms in total. The lowest BCUT2D eigenvalue weighted by atomic mass is 9.69. The van der Waals surface area contributed by atoms with Crippen molar-refractivity contribution in [3.8, 4) is 0 Å². The molecule has 3 heteroatoms. The lowest BCUT2D eigenvalue weighted by molar-refractivity contribution is -0.124. The Balaban J connectivity index is 2.13. The molecule has 3 aliphatic rings. The van der Waals surface area contributed by atoms with Crippen LogP contribution in [-0.2, 0) is 4.79 Å². The molecule has 0 heterocycles. The third-order valence-electron chi connectivity index (χ3n) is 5.79. The summed E-state index contributed by atoms with van der Waals surface area (Å²) in [5.41, 5.74) is 1.95. The number of aliphatic hydroxyl groups is 2. The number of fused-ring (bicyclic) bond motifs is 1. The average Bonchev–Trinajstić information content (AvgIpc) is 3.22. The van der Waals surface area contributed by atoms with Gasteiger partial charge in [0.1, 0.15) is 0 Å². The van der Waals surface area contributed by atoms with Crippen molar-refractivity contribution in [2.45, 2.75) is 45.1 Å². The van der Waals surface area contributed by atoms with Gasteiger partial charge in [-0.2, -0.15) is 0 Å². The van der Waals surface area contributed by atoms with Crippen LogP contribution in [0.3, 0.4) is 0 Å². The van der Waals surface area contributed by atoms with E-state index in [1.165, 1.54) is 5.57 Å². The first-order valence-electron chi connectivity index (χ1n) is 7.79. The van der Waals surface area contributed by atoms with E-state index in [2.05, 4.69) is 13.2 Å². The number of rotatable bonds is 4. The van der Waals surface area contributed by atoms with Gasteiger partial charge in [-0.25, -0.2) is 0 Å². The maximum Gasteiger partial charge on any atom is 0.167 e. The zero-order valence-corrected chi connectivity index (χ0v) is 12.7. The van der Waals surface area contributed by atoms with E-state index in [0.717, 1.165) is 36.8 Å². The quantitative estimate of drug-likeness (QED) is 0.782. The molecular formula is C18H24O3. The van der Waals surface area contributed by atoms with E-state index in [4.69, 9.17) is 0 Å². The van der Waals surface area contributed by atoms with Crippen molar-refractivity contribution in [2.24, 2.45) is 16.7 Å². The maximum absolute atomic E-state index is 12.8. The number of carbonyl (C=O) groups excluding carboxylic acids is 1. The standard InChI is InChI=1S/C18H24O3/c1-4-5-6-13-14-12(9-17(3,10-19)16(14)21)15(20)11(2)18(13)7-8-18/h4,12,15,19-20H,1-2,5-10H2,3H3. The molecule has 2 fully saturated rings. The fourth-order valence-electron chi connectivity index (χ4n) is 4.29. The van der Waals surface area contributed by atoms with Gasteiger partial charge in [0.05, 0.1) is 18.1 Å². The predicted octanol–water partition coefficient (Wildman–Crippen LogP) is 2.55. The van der Waals surface area contributed by atoms with E-state index in [1.54, 1.807) is 6.92 Å². The summed E-state index contributed by atoms with van der Waals surface area (Å²) in [5, 5.41) is 20.3. The molecule has 0 aromatic heterocycles. The molecule has 0 amide bonds. The Morgan fingerprint density at radius 2 is 2.10 bits per heavy atom. The van der Waals surface area contributed by atoms with Crippen molar-refractivity contribution >= 4 is 5.78 Å². The summed E-state index contributed by atoms with van der Waals surface area (Å²) in [4.78, 5) is 12.8. The van der Waals surface area contributed by atoms with Crippen molar-refractivity contribution in [3.05, 3.63) is 36.0 Å². The van der Waals surface area contributed by atoms with Crippen LogP contribution in [0, 0.1) is 16.7 Å². The minimum Gasteiger partial charge on any atom is -0.395 e. The van der Waals surface area contributed by atoms with E-state index in [0.29, 0.717) is 6.42 Å². The van der Waals surface area contributed by atoms with E-state index in [9.17, 15) is 15.0 Å². The highest BCUT2D eigenvalue weighted by Gasteiger charge is 2.61. The number of allylic oxidation sites excluding steroid dienone is 2. The molecule has 21 heavy (non-hydrogen) atoms. The summed E-state index contributed by atoms with van der Waals surface area (Å²) in [7, 11) is 0. The highest BCUT2D eigenvalue weighted by molar-refractivity contribution is 6.04. The predicted molar refractivity (Wildman–Crippen MR) is 81.6 cm³/mol.